The lowest BCUT2D eigenvalue weighted by molar-refractivity contribution is -0.132. The summed E-state index contributed by atoms with van der Waals surface area (Å²) in [5.74, 6) is -0.0141. The molecule has 2 heterocycles. The van der Waals surface area contributed by atoms with Gasteiger partial charge in [0.15, 0.2) is 0 Å². The molecule has 4 rings (SSSR count). The molecular formula is C21H24N4O2. The Labute approximate surface area is 159 Å². The molecule has 0 N–H and O–H groups in total. The minimum Gasteiger partial charge on any atom is -0.338 e. The summed E-state index contributed by atoms with van der Waals surface area (Å²) in [4.78, 5) is 37.6. The second-order valence-electron chi connectivity index (χ2n) is 7.36. The van der Waals surface area contributed by atoms with Crippen LogP contribution in [0.2, 0.25) is 0 Å². The number of rotatable bonds is 5. The maximum atomic E-state index is 12.8. The van der Waals surface area contributed by atoms with Crippen molar-refractivity contribution in [2.45, 2.75) is 45.2 Å². The third-order valence-corrected chi connectivity index (χ3v) is 5.30. The van der Waals surface area contributed by atoms with E-state index in [0.29, 0.717) is 25.2 Å². The molecule has 0 spiro atoms. The molecule has 2 amide bonds. The molecule has 1 aromatic heterocycles. The number of hydrogen-bond acceptors (Lipinski definition) is 4. The van der Waals surface area contributed by atoms with Crippen LogP contribution in [0.25, 0.3) is 0 Å². The average Bonchev–Trinajstić information content (AvgIpc) is 3.53. The van der Waals surface area contributed by atoms with E-state index in [9.17, 15) is 9.59 Å². The fraction of sp³-hybridized carbons (Fsp3) is 0.429. The van der Waals surface area contributed by atoms with Crippen molar-refractivity contribution in [1.82, 2.24) is 19.8 Å². The normalized spacial score (nSPS) is 16.0. The van der Waals surface area contributed by atoms with E-state index in [0.717, 1.165) is 31.5 Å². The molecule has 0 atom stereocenters. The van der Waals surface area contributed by atoms with Gasteiger partial charge in [0.1, 0.15) is 5.69 Å². The fourth-order valence-electron chi connectivity index (χ4n) is 3.57. The van der Waals surface area contributed by atoms with Crippen molar-refractivity contribution < 1.29 is 9.59 Å². The first-order valence-corrected chi connectivity index (χ1v) is 9.56. The Morgan fingerprint density at radius 3 is 2.63 bits per heavy atom. The fourth-order valence-corrected chi connectivity index (χ4v) is 3.57. The first-order chi connectivity index (χ1) is 13.1. The number of carbonyl (C=O) groups is 2. The lowest BCUT2D eigenvalue weighted by atomic mass is 10.00. The van der Waals surface area contributed by atoms with E-state index in [1.165, 1.54) is 17.3 Å². The summed E-state index contributed by atoms with van der Waals surface area (Å²) in [6, 6.07) is 8.51. The number of amides is 2. The highest BCUT2D eigenvalue weighted by Crippen LogP contribution is 2.28. The maximum absolute atomic E-state index is 12.8. The van der Waals surface area contributed by atoms with Crippen LogP contribution in [0.15, 0.2) is 36.7 Å². The molecule has 1 saturated carbocycles. The molecule has 2 aliphatic rings. The van der Waals surface area contributed by atoms with Crippen molar-refractivity contribution in [2.24, 2.45) is 0 Å². The van der Waals surface area contributed by atoms with Gasteiger partial charge in [-0.25, -0.2) is 4.98 Å². The lowest BCUT2D eigenvalue weighted by Gasteiger charge is -2.30. The van der Waals surface area contributed by atoms with Gasteiger partial charge in [-0.2, -0.15) is 0 Å². The quantitative estimate of drug-likeness (QED) is 0.817. The van der Waals surface area contributed by atoms with E-state index < -0.39 is 0 Å². The third kappa shape index (κ3) is 3.99. The van der Waals surface area contributed by atoms with Crippen LogP contribution >= 0.6 is 0 Å². The molecule has 0 saturated heterocycles. The number of aryl methyl sites for hydroxylation is 1. The summed E-state index contributed by atoms with van der Waals surface area (Å²) in [7, 11) is 0. The summed E-state index contributed by atoms with van der Waals surface area (Å²) in [5, 5.41) is 0. The number of benzene rings is 1. The topological polar surface area (TPSA) is 66.4 Å². The van der Waals surface area contributed by atoms with Gasteiger partial charge in [-0.05, 0) is 37.3 Å². The summed E-state index contributed by atoms with van der Waals surface area (Å²) in [5.41, 5.74) is 3.69. The number of carbonyl (C=O) groups excluding carboxylic acids is 2. The van der Waals surface area contributed by atoms with Crippen molar-refractivity contribution in [3.63, 3.8) is 0 Å². The Morgan fingerprint density at radius 1 is 1.15 bits per heavy atom. The number of hydrogen-bond donors (Lipinski definition) is 0. The van der Waals surface area contributed by atoms with Crippen LogP contribution in [0, 0.1) is 6.92 Å². The summed E-state index contributed by atoms with van der Waals surface area (Å²) >= 11 is 0. The zero-order chi connectivity index (χ0) is 18.8. The van der Waals surface area contributed by atoms with E-state index in [1.807, 2.05) is 24.0 Å². The van der Waals surface area contributed by atoms with Crippen LogP contribution in [0.3, 0.4) is 0 Å². The van der Waals surface area contributed by atoms with Crippen LogP contribution in [-0.4, -0.2) is 50.7 Å². The van der Waals surface area contributed by atoms with E-state index in [1.54, 1.807) is 11.1 Å². The van der Waals surface area contributed by atoms with Crippen LogP contribution < -0.4 is 0 Å². The molecule has 1 aliphatic heterocycles. The van der Waals surface area contributed by atoms with Gasteiger partial charge in [0.2, 0.25) is 5.91 Å². The molecule has 0 radical (unpaired) electrons. The van der Waals surface area contributed by atoms with Gasteiger partial charge in [0, 0.05) is 38.3 Å². The number of fused-ring (bicyclic) bond motifs is 1. The van der Waals surface area contributed by atoms with E-state index in [4.69, 9.17) is 0 Å². The first-order valence-electron chi connectivity index (χ1n) is 9.56. The Bertz CT molecular complexity index is 846. The maximum Gasteiger partial charge on any atom is 0.274 e. The molecular weight excluding hydrogens is 340 g/mol. The Balaban J connectivity index is 1.38. The van der Waals surface area contributed by atoms with Crippen LogP contribution in [0.1, 0.15) is 46.6 Å². The standard InChI is InChI=1S/C21H24N4O2/c1-15-12-23-19(13-22-15)21(27)25(18-6-7-18)11-9-20(26)24-10-8-16-4-2-3-5-17(16)14-24/h2-5,12-13,18H,6-11,14H2,1H3. The van der Waals surface area contributed by atoms with Gasteiger partial charge in [-0.1, -0.05) is 24.3 Å². The smallest absolute Gasteiger partial charge is 0.274 e. The van der Waals surface area contributed by atoms with Crippen LogP contribution in [-0.2, 0) is 17.8 Å². The van der Waals surface area contributed by atoms with Crippen molar-refractivity contribution in [3.8, 4) is 0 Å². The molecule has 0 unspecified atom stereocenters. The minimum atomic E-state index is -0.123. The van der Waals surface area contributed by atoms with Crippen molar-refractivity contribution >= 4 is 11.8 Å². The summed E-state index contributed by atoms with van der Waals surface area (Å²) in [6.45, 7) is 3.69. The summed E-state index contributed by atoms with van der Waals surface area (Å²) in [6.07, 6.45) is 6.37. The molecule has 140 valence electrons. The molecule has 27 heavy (non-hydrogen) atoms. The number of nitrogens with zero attached hydrogens (tertiary/aromatic N) is 4. The monoisotopic (exact) mass is 364 g/mol. The second-order valence-corrected chi connectivity index (χ2v) is 7.36. The molecule has 1 fully saturated rings. The van der Waals surface area contributed by atoms with E-state index in [2.05, 4.69) is 22.1 Å². The highest BCUT2D eigenvalue weighted by Gasteiger charge is 2.34. The first kappa shape index (κ1) is 17.6. The van der Waals surface area contributed by atoms with Gasteiger partial charge in [-0.15, -0.1) is 0 Å². The van der Waals surface area contributed by atoms with Crippen LogP contribution in [0.4, 0.5) is 0 Å². The molecule has 1 aromatic carbocycles. The number of aromatic nitrogens is 2. The minimum absolute atomic E-state index is 0.109. The zero-order valence-corrected chi connectivity index (χ0v) is 15.6. The van der Waals surface area contributed by atoms with Gasteiger partial charge in [0.05, 0.1) is 11.9 Å². The Kier molecular flexibility index (Phi) is 4.88. The van der Waals surface area contributed by atoms with E-state index in [-0.39, 0.29) is 17.9 Å². The molecule has 0 bridgehead atoms. The SMILES string of the molecule is Cc1cnc(C(=O)N(CCC(=O)N2CCc3ccccc3C2)C2CC2)cn1. The predicted molar refractivity (Wildman–Crippen MR) is 101 cm³/mol. The molecule has 6 heteroatoms. The second kappa shape index (κ2) is 7.47. The van der Waals surface area contributed by atoms with Crippen LogP contribution in [0.5, 0.6) is 0 Å². The van der Waals surface area contributed by atoms with Gasteiger partial charge < -0.3 is 9.80 Å². The third-order valence-electron chi connectivity index (χ3n) is 5.30. The predicted octanol–water partition coefficient (Wildman–Crippen LogP) is 2.36. The Hall–Kier alpha value is -2.76. The molecule has 6 nitrogen and oxygen atoms in total. The van der Waals surface area contributed by atoms with Gasteiger partial charge in [-0.3, -0.25) is 14.6 Å². The van der Waals surface area contributed by atoms with E-state index >= 15 is 0 Å². The molecule has 1 aliphatic carbocycles. The average molecular weight is 364 g/mol. The van der Waals surface area contributed by atoms with Crippen molar-refractivity contribution in [2.75, 3.05) is 13.1 Å². The highest BCUT2D eigenvalue weighted by molar-refractivity contribution is 5.92. The highest BCUT2D eigenvalue weighted by atomic mass is 16.2. The summed E-state index contributed by atoms with van der Waals surface area (Å²) < 4.78 is 0. The largest absolute Gasteiger partial charge is 0.338 e. The Morgan fingerprint density at radius 2 is 1.93 bits per heavy atom. The zero-order valence-electron chi connectivity index (χ0n) is 15.6. The van der Waals surface area contributed by atoms with Crippen molar-refractivity contribution in [1.29, 1.82) is 0 Å². The molecule has 2 aromatic rings. The van der Waals surface area contributed by atoms with Gasteiger partial charge in [0.25, 0.3) is 5.91 Å². The lowest BCUT2D eigenvalue weighted by Crippen LogP contribution is -2.40. The van der Waals surface area contributed by atoms with Crippen molar-refractivity contribution in [3.05, 3.63) is 59.2 Å². The van der Waals surface area contributed by atoms with Gasteiger partial charge >= 0.3 is 0 Å².